The third-order valence-electron chi connectivity index (χ3n) is 4.22. The highest BCUT2D eigenvalue weighted by molar-refractivity contribution is 5.96. The van der Waals surface area contributed by atoms with Crippen LogP contribution in [0.4, 0.5) is 5.69 Å². The van der Waals surface area contributed by atoms with Crippen LogP contribution < -0.4 is 5.73 Å². The summed E-state index contributed by atoms with van der Waals surface area (Å²) in [5.41, 5.74) is 9.68. The topological polar surface area (TPSA) is 79.2 Å². The Kier molecular flexibility index (Phi) is 3.94. The molecule has 23 heavy (non-hydrogen) atoms. The number of nitrogen functional groups attached to an aromatic ring is 1. The van der Waals surface area contributed by atoms with Gasteiger partial charge in [-0.2, -0.15) is 0 Å². The van der Waals surface area contributed by atoms with Gasteiger partial charge in [-0.3, -0.25) is 9.59 Å². The number of nitrogens with zero attached hydrogens (tertiary/aromatic N) is 1. The zero-order chi connectivity index (χ0) is 16.6. The van der Waals surface area contributed by atoms with E-state index < -0.39 is 0 Å². The molecule has 5 nitrogen and oxygen atoms in total. The number of anilines is 1. The molecule has 0 bridgehead atoms. The van der Waals surface area contributed by atoms with E-state index in [1.165, 1.54) is 0 Å². The maximum atomic E-state index is 12.6. The average Bonchev–Trinajstić information content (AvgIpc) is 2.97. The van der Waals surface area contributed by atoms with E-state index in [1.54, 1.807) is 24.3 Å². The molecule has 2 heterocycles. The summed E-state index contributed by atoms with van der Waals surface area (Å²) < 4.78 is 0. The number of H-pyrrole nitrogens is 1. The number of aromatic nitrogens is 1. The van der Waals surface area contributed by atoms with E-state index in [-0.39, 0.29) is 17.6 Å². The zero-order valence-corrected chi connectivity index (χ0v) is 13.4. The van der Waals surface area contributed by atoms with Gasteiger partial charge in [-0.15, -0.1) is 0 Å². The maximum Gasteiger partial charge on any atom is 0.254 e. The molecule has 1 aromatic carbocycles. The Morgan fingerprint density at radius 1 is 1.22 bits per heavy atom. The van der Waals surface area contributed by atoms with Gasteiger partial charge >= 0.3 is 0 Å². The number of hydrogen-bond donors (Lipinski definition) is 2. The standard InChI is InChI=1S/C18H21N3O2/c1-11(2)17(22)16-9-13-10-21(8-7-15(13)20-16)18(23)12-3-5-14(19)6-4-12/h3-6,9,11,20H,7-8,10,19H2,1-2H3. The van der Waals surface area contributed by atoms with E-state index in [0.717, 1.165) is 17.7 Å². The van der Waals surface area contributed by atoms with Crippen molar-refractivity contribution in [2.75, 3.05) is 12.3 Å². The van der Waals surface area contributed by atoms with Gasteiger partial charge in [0, 0.05) is 42.4 Å². The third-order valence-corrected chi connectivity index (χ3v) is 4.22. The Labute approximate surface area is 135 Å². The number of carbonyl (C=O) groups excluding carboxylic acids is 2. The van der Waals surface area contributed by atoms with Gasteiger partial charge in [0.1, 0.15) is 0 Å². The molecule has 1 aliphatic rings. The lowest BCUT2D eigenvalue weighted by Crippen LogP contribution is -2.35. The predicted molar refractivity (Wildman–Crippen MR) is 89.3 cm³/mol. The summed E-state index contributed by atoms with van der Waals surface area (Å²) in [6.45, 7) is 4.95. The molecule has 0 radical (unpaired) electrons. The Hall–Kier alpha value is -2.56. The molecule has 1 amide bonds. The molecule has 3 rings (SSSR count). The molecular formula is C18H21N3O2. The summed E-state index contributed by atoms with van der Waals surface area (Å²) in [5, 5.41) is 0. The highest BCUT2D eigenvalue weighted by Crippen LogP contribution is 2.23. The van der Waals surface area contributed by atoms with Crippen molar-refractivity contribution in [1.29, 1.82) is 0 Å². The van der Waals surface area contributed by atoms with E-state index in [9.17, 15) is 9.59 Å². The molecule has 0 fully saturated rings. The quantitative estimate of drug-likeness (QED) is 0.675. The molecule has 0 spiro atoms. The molecule has 5 heteroatoms. The molecule has 0 saturated heterocycles. The second kappa shape index (κ2) is 5.91. The van der Waals surface area contributed by atoms with Gasteiger partial charge in [0.25, 0.3) is 5.91 Å². The minimum atomic E-state index is -0.0392. The van der Waals surface area contributed by atoms with Crippen LogP contribution in [0, 0.1) is 5.92 Å². The molecular weight excluding hydrogens is 290 g/mol. The van der Waals surface area contributed by atoms with Crippen LogP contribution >= 0.6 is 0 Å². The molecule has 0 saturated carbocycles. The number of aromatic amines is 1. The number of hydrogen-bond acceptors (Lipinski definition) is 3. The van der Waals surface area contributed by atoms with Crippen molar-refractivity contribution in [2.45, 2.75) is 26.8 Å². The molecule has 0 atom stereocenters. The molecule has 1 aromatic heterocycles. The van der Waals surface area contributed by atoms with Crippen molar-refractivity contribution >= 4 is 17.4 Å². The lowest BCUT2D eigenvalue weighted by atomic mass is 10.0. The number of nitrogens with two attached hydrogens (primary N) is 1. The van der Waals surface area contributed by atoms with Crippen LogP contribution in [0.15, 0.2) is 30.3 Å². The van der Waals surface area contributed by atoms with Crippen molar-refractivity contribution in [1.82, 2.24) is 9.88 Å². The van der Waals surface area contributed by atoms with E-state index in [1.807, 2.05) is 24.8 Å². The van der Waals surface area contributed by atoms with Crippen LogP contribution in [-0.2, 0) is 13.0 Å². The van der Waals surface area contributed by atoms with Gasteiger partial charge in [-0.1, -0.05) is 13.8 Å². The monoisotopic (exact) mass is 311 g/mol. The summed E-state index contributed by atoms with van der Waals surface area (Å²) in [7, 11) is 0. The van der Waals surface area contributed by atoms with Crippen molar-refractivity contribution in [3.05, 3.63) is 52.8 Å². The van der Waals surface area contributed by atoms with E-state index in [4.69, 9.17) is 5.73 Å². The Balaban J connectivity index is 1.78. The number of nitrogens with one attached hydrogen (secondary N) is 1. The highest BCUT2D eigenvalue weighted by atomic mass is 16.2. The molecule has 0 aliphatic carbocycles. The van der Waals surface area contributed by atoms with Crippen LogP contribution in [-0.4, -0.2) is 28.1 Å². The number of benzene rings is 1. The van der Waals surface area contributed by atoms with Gasteiger partial charge < -0.3 is 15.6 Å². The van der Waals surface area contributed by atoms with Gasteiger partial charge in [0.05, 0.1) is 5.69 Å². The van der Waals surface area contributed by atoms with E-state index in [2.05, 4.69) is 4.98 Å². The molecule has 1 aliphatic heterocycles. The molecule has 120 valence electrons. The maximum absolute atomic E-state index is 12.6. The van der Waals surface area contributed by atoms with Gasteiger partial charge in [0.2, 0.25) is 0 Å². The summed E-state index contributed by atoms with van der Waals surface area (Å²) in [6, 6.07) is 8.85. The molecule has 2 aromatic rings. The number of ketones is 1. The average molecular weight is 311 g/mol. The summed E-state index contributed by atoms with van der Waals surface area (Å²) in [5.74, 6) is 0.0620. The minimum absolute atomic E-state index is 0.00594. The molecule has 3 N–H and O–H groups in total. The zero-order valence-electron chi connectivity index (χ0n) is 13.4. The summed E-state index contributed by atoms with van der Waals surface area (Å²) in [4.78, 5) is 29.7. The Bertz CT molecular complexity index is 744. The first kappa shape index (κ1) is 15.3. The van der Waals surface area contributed by atoms with Gasteiger partial charge in [-0.05, 0) is 35.9 Å². The first-order valence-corrected chi connectivity index (χ1v) is 7.85. The van der Waals surface area contributed by atoms with Gasteiger partial charge in [-0.25, -0.2) is 0 Å². The second-order valence-corrected chi connectivity index (χ2v) is 6.30. The normalized spacial score (nSPS) is 14.0. The van der Waals surface area contributed by atoms with Crippen LogP contribution in [0.3, 0.4) is 0 Å². The summed E-state index contributed by atoms with van der Waals surface area (Å²) >= 11 is 0. The number of carbonyl (C=O) groups is 2. The van der Waals surface area contributed by atoms with Crippen molar-refractivity contribution in [2.24, 2.45) is 5.92 Å². The SMILES string of the molecule is CC(C)C(=O)c1cc2c([nH]1)CCN(C(=O)c1ccc(N)cc1)C2. The highest BCUT2D eigenvalue weighted by Gasteiger charge is 2.25. The Morgan fingerprint density at radius 3 is 2.57 bits per heavy atom. The van der Waals surface area contributed by atoms with Gasteiger partial charge in [0.15, 0.2) is 5.78 Å². The lowest BCUT2D eigenvalue weighted by Gasteiger charge is -2.27. The number of Topliss-reactive ketones (excluding diaryl/α,β-unsaturated/α-hetero) is 1. The van der Waals surface area contributed by atoms with E-state index >= 15 is 0 Å². The Morgan fingerprint density at radius 2 is 1.91 bits per heavy atom. The minimum Gasteiger partial charge on any atom is -0.399 e. The largest absolute Gasteiger partial charge is 0.399 e. The number of rotatable bonds is 3. The van der Waals surface area contributed by atoms with Crippen molar-refractivity contribution in [3.63, 3.8) is 0 Å². The smallest absolute Gasteiger partial charge is 0.254 e. The van der Waals surface area contributed by atoms with Crippen molar-refractivity contribution in [3.8, 4) is 0 Å². The lowest BCUT2D eigenvalue weighted by molar-refractivity contribution is 0.0734. The first-order valence-electron chi connectivity index (χ1n) is 7.85. The van der Waals surface area contributed by atoms with Crippen LogP contribution in [0.25, 0.3) is 0 Å². The van der Waals surface area contributed by atoms with Crippen molar-refractivity contribution < 1.29 is 9.59 Å². The fourth-order valence-electron chi connectivity index (χ4n) is 2.86. The fourth-order valence-corrected chi connectivity index (χ4v) is 2.86. The second-order valence-electron chi connectivity index (χ2n) is 6.30. The van der Waals surface area contributed by atoms with E-state index in [0.29, 0.717) is 30.0 Å². The summed E-state index contributed by atoms with van der Waals surface area (Å²) in [6.07, 6.45) is 0.738. The van der Waals surface area contributed by atoms with Crippen LogP contribution in [0.5, 0.6) is 0 Å². The van der Waals surface area contributed by atoms with Crippen LogP contribution in [0.1, 0.15) is 46.0 Å². The number of fused-ring (bicyclic) bond motifs is 1. The number of amides is 1. The third kappa shape index (κ3) is 2.99. The first-order chi connectivity index (χ1) is 11.0. The van der Waals surface area contributed by atoms with Crippen LogP contribution in [0.2, 0.25) is 0 Å². The fraction of sp³-hybridized carbons (Fsp3) is 0.333. The predicted octanol–water partition coefficient (Wildman–Crippen LogP) is 2.63. The molecule has 0 unspecified atom stereocenters.